The van der Waals surface area contributed by atoms with Gasteiger partial charge in [0.2, 0.25) is 5.91 Å². The number of carbonyl (C=O) groups is 1. The number of aromatic nitrogens is 2. The Morgan fingerprint density at radius 2 is 1.67 bits per heavy atom. The van der Waals surface area contributed by atoms with Crippen molar-refractivity contribution in [3.63, 3.8) is 0 Å². The Kier molecular flexibility index (Phi) is 5.77. The lowest BCUT2D eigenvalue weighted by molar-refractivity contribution is -0.115. The van der Waals surface area contributed by atoms with Crippen molar-refractivity contribution in [1.82, 2.24) is 9.36 Å². The highest BCUT2D eigenvalue weighted by Gasteiger charge is 2.17. The second kappa shape index (κ2) is 8.63. The summed E-state index contributed by atoms with van der Waals surface area (Å²) in [7, 11) is 1.81. The molecule has 6 heteroatoms. The summed E-state index contributed by atoms with van der Waals surface area (Å²) in [5, 5.41) is 5.21. The zero-order valence-corrected chi connectivity index (χ0v) is 17.8. The Bertz CT molecular complexity index is 1260. The Labute approximate surface area is 179 Å². The number of anilines is 1. The third kappa shape index (κ3) is 4.04. The molecule has 1 N–H and O–H groups in total. The van der Waals surface area contributed by atoms with Gasteiger partial charge in [0.1, 0.15) is 5.69 Å². The van der Waals surface area contributed by atoms with Crippen molar-refractivity contribution < 1.29 is 4.79 Å². The summed E-state index contributed by atoms with van der Waals surface area (Å²) >= 11 is 1.64. The predicted octanol–water partition coefficient (Wildman–Crippen LogP) is 4.76. The number of rotatable bonds is 6. The van der Waals surface area contributed by atoms with E-state index in [1.54, 1.807) is 21.1 Å². The first-order valence-corrected chi connectivity index (χ1v) is 10.8. The van der Waals surface area contributed by atoms with Gasteiger partial charge in [-0.05, 0) is 42.0 Å². The van der Waals surface area contributed by atoms with E-state index >= 15 is 0 Å². The van der Waals surface area contributed by atoms with E-state index in [4.69, 9.17) is 0 Å². The van der Waals surface area contributed by atoms with Gasteiger partial charge in [-0.3, -0.25) is 14.3 Å². The van der Waals surface area contributed by atoms with Crippen molar-refractivity contribution in [1.29, 1.82) is 0 Å². The van der Waals surface area contributed by atoms with Gasteiger partial charge >= 0.3 is 0 Å². The standard InChI is InChI=1S/C24H23N3O2S/c1-17-23(24(29)27(26(17)2)20-10-4-3-5-11-20)25-22(28)14-15-30-21-13-12-18-8-6-7-9-19(18)16-21/h3-13,16H,14-15H2,1-2H3,(H,25,28). The first-order valence-electron chi connectivity index (χ1n) is 9.80. The third-order valence-electron chi connectivity index (χ3n) is 5.14. The van der Waals surface area contributed by atoms with Crippen LogP contribution >= 0.6 is 11.8 Å². The Hall–Kier alpha value is -3.25. The molecule has 1 heterocycles. The molecule has 0 radical (unpaired) electrons. The molecule has 0 unspecified atom stereocenters. The molecule has 4 rings (SSSR count). The molecule has 0 spiro atoms. The lowest BCUT2D eigenvalue weighted by Gasteiger charge is -2.07. The van der Waals surface area contributed by atoms with E-state index in [1.165, 1.54) is 10.8 Å². The van der Waals surface area contributed by atoms with Crippen LogP contribution in [0.3, 0.4) is 0 Å². The number of nitrogens with zero attached hydrogens (tertiary/aromatic N) is 2. The third-order valence-corrected chi connectivity index (χ3v) is 6.13. The van der Waals surface area contributed by atoms with E-state index in [9.17, 15) is 9.59 Å². The summed E-state index contributed by atoms with van der Waals surface area (Å²) in [5.41, 5.74) is 1.60. The highest BCUT2D eigenvalue weighted by molar-refractivity contribution is 7.99. The quantitative estimate of drug-likeness (QED) is 0.460. The molecule has 0 saturated heterocycles. The Balaban J connectivity index is 1.42. The maximum absolute atomic E-state index is 12.9. The molecule has 0 bridgehead atoms. The van der Waals surface area contributed by atoms with Gasteiger partial charge in [-0.25, -0.2) is 4.68 Å². The lowest BCUT2D eigenvalue weighted by Crippen LogP contribution is -2.23. The van der Waals surface area contributed by atoms with Crippen LogP contribution in [0.15, 0.2) is 82.5 Å². The summed E-state index contributed by atoms with van der Waals surface area (Å²) < 4.78 is 3.33. The molecule has 0 aliphatic rings. The van der Waals surface area contributed by atoms with Crippen molar-refractivity contribution >= 4 is 34.1 Å². The maximum Gasteiger partial charge on any atom is 0.295 e. The molecule has 0 fully saturated rings. The minimum atomic E-state index is -0.225. The van der Waals surface area contributed by atoms with Gasteiger partial charge in [0.25, 0.3) is 5.56 Å². The number of hydrogen-bond donors (Lipinski definition) is 1. The van der Waals surface area contributed by atoms with Crippen molar-refractivity contribution in [3.8, 4) is 5.69 Å². The molecule has 3 aromatic carbocycles. The second-order valence-corrected chi connectivity index (χ2v) is 8.26. The molecule has 1 aromatic heterocycles. The maximum atomic E-state index is 12.9. The molecule has 1 amide bonds. The van der Waals surface area contributed by atoms with Crippen molar-refractivity contribution in [2.75, 3.05) is 11.1 Å². The molecule has 0 aliphatic heterocycles. The van der Waals surface area contributed by atoms with Crippen LogP contribution < -0.4 is 10.9 Å². The summed E-state index contributed by atoms with van der Waals surface area (Å²) in [6.45, 7) is 1.83. The highest BCUT2D eigenvalue weighted by Crippen LogP contribution is 2.24. The first-order chi connectivity index (χ1) is 14.5. The van der Waals surface area contributed by atoms with Crippen LogP contribution in [0, 0.1) is 6.92 Å². The molecule has 0 atom stereocenters. The predicted molar refractivity (Wildman–Crippen MR) is 124 cm³/mol. The van der Waals surface area contributed by atoms with Crippen molar-refractivity contribution in [3.05, 3.63) is 88.8 Å². The highest BCUT2D eigenvalue weighted by atomic mass is 32.2. The van der Waals surface area contributed by atoms with Crippen LogP contribution in [0.4, 0.5) is 5.69 Å². The second-order valence-electron chi connectivity index (χ2n) is 7.09. The Morgan fingerprint density at radius 1 is 0.967 bits per heavy atom. The van der Waals surface area contributed by atoms with Crippen LogP contribution in [0.25, 0.3) is 16.5 Å². The number of thioether (sulfide) groups is 1. The summed E-state index contributed by atoms with van der Waals surface area (Å²) in [6, 6.07) is 23.9. The smallest absolute Gasteiger partial charge is 0.295 e. The molecule has 4 aromatic rings. The molecule has 0 aliphatic carbocycles. The number of nitrogens with one attached hydrogen (secondary N) is 1. The van der Waals surface area contributed by atoms with E-state index in [2.05, 4.69) is 35.6 Å². The summed E-state index contributed by atoms with van der Waals surface area (Å²) in [6.07, 6.45) is 0.330. The lowest BCUT2D eigenvalue weighted by atomic mass is 10.1. The number of hydrogen-bond acceptors (Lipinski definition) is 3. The zero-order valence-electron chi connectivity index (χ0n) is 17.0. The molecule has 0 saturated carbocycles. The van der Waals surface area contributed by atoms with Crippen LogP contribution in [0.2, 0.25) is 0 Å². The zero-order chi connectivity index (χ0) is 21.1. The average molecular weight is 418 g/mol. The van der Waals surface area contributed by atoms with Gasteiger partial charge in [-0.2, -0.15) is 0 Å². The topological polar surface area (TPSA) is 56.0 Å². The fraction of sp³-hybridized carbons (Fsp3) is 0.167. The van der Waals surface area contributed by atoms with Crippen LogP contribution in [-0.4, -0.2) is 21.0 Å². The van der Waals surface area contributed by atoms with E-state index in [0.717, 1.165) is 16.3 Å². The van der Waals surface area contributed by atoms with E-state index in [0.29, 0.717) is 17.9 Å². The number of benzene rings is 3. The number of para-hydroxylation sites is 1. The van der Waals surface area contributed by atoms with Gasteiger partial charge in [-0.15, -0.1) is 11.8 Å². The van der Waals surface area contributed by atoms with Crippen LogP contribution in [0.1, 0.15) is 12.1 Å². The molecule has 152 valence electrons. The number of fused-ring (bicyclic) bond motifs is 1. The van der Waals surface area contributed by atoms with Gasteiger partial charge in [0.05, 0.1) is 11.4 Å². The normalized spacial score (nSPS) is 11.0. The molecule has 5 nitrogen and oxygen atoms in total. The largest absolute Gasteiger partial charge is 0.320 e. The SMILES string of the molecule is Cc1c(NC(=O)CCSc2ccc3ccccc3c2)c(=O)n(-c2ccccc2)n1C. The molecular formula is C24H23N3O2S. The van der Waals surface area contributed by atoms with E-state index in [1.807, 2.05) is 56.4 Å². The van der Waals surface area contributed by atoms with Crippen molar-refractivity contribution in [2.45, 2.75) is 18.2 Å². The first kappa shape index (κ1) is 20.0. The summed E-state index contributed by atoms with van der Waals surface area (Å²) in [5.74, 6) is 0.484. The number of amides is 1. The average Bonchev–Trinajstić information content (AvgIpc) is 2.97. The van der Waals surface area contributed by atoms with E-state index in [-0.39, 0.29) is 11.5 Å². The van der Waals surface area contributed by atoms with Crippen molar-refractivity contribution in [2.24, 2.45) is 7.05 Å². The molecule has 30 heavy (non-hydrogen) atoms. The van der Waals surface area contributed by atoms with Gasteiger partial charge in [0.15, 0.2) is 0 Å². The van der Waals surface area contributed by atoms with E-state index < -0.39 is 0 Å². The van der Waals surface area contributed by atoms with Gasteiger partial charge < -0.3 is 5.32 Å². The Morgan fingerprint density at radius 3 is 2.43 bits per heavy atom. The van der Waals surface area contributed by atoms with Gasteiger partial charge in [-0.1, -0.05) is 48.5 Å². The summed E-state index contributed by atoms with van der Waals surface area (Å²) in [4.78, 5) is 26.5. The fourth-order valence-corrected chi connectivity index (χ4v) is 4.33. The monoisotopic (exact) mass is 417 g/mol. The fourth-order valence-electron chi connectivity index (χ4n) is 3.43. The van der Waals surface area contributed by atoms with Crippen LogP contribution in [0.5, 0.6) is 0 Å². The molecular weight excluding hydrogens is 394 g/mol. The minimum Gasteiger partial charge on any atom is -0.320 e. The van der Waals surface area contributed by atoms with Gasteiger partial charge in [0, 0.05) is 24.1 Å². The number of carbonyl (C=O) groups excluding carboxylic acids is 1. The minimum absolute atomic E-state index is 0.158. The van der Waals surface area contributed by atoms with Crippen LogP contribution in [-0.2, 0) is 11.8 Å².